The van der Waals surface area contributed by atoms with E-state index < -0.39 is 0 Å². The van der Waals surface area contributed by atoms with Crippen molar-refractivity contribution in [2.24, 2.45) is 7.05 Å². The highest BCUT2D eigenvalue weighted by Gasteiger charge is 2.21. The van der Waals surface area contributed by atoms with Crippen molar-refractivity contribution in [2.75, 3.05) is 12.8 Å². The fourth-order valence-corrected chi connectivity index (χ4v) is 1.83. The van der Waals surface area contributed by atoms with Crippen molar-refractivity contribution in [3.05, 3.63) is 24.0 Å². The lowest BCUT2D eigenvalue weighted by Gasteiger charge is -2.12. The molecule has 0 aliphatic carbocycles. The summed E-state index contributed by atoms with van der Waals surface area (Å²) in [5.41, 5.74) is 7.39. The van der Waals surface area contributed by atoms with Crippen LogP contribution in [0.3, 0.4) is 0 Å². The van der Waals surface area contributed by atoms with E-state index in [0.29, 0.717) is 11.4 Å². The molecule has 0 fully saturated rings. The number of hydrogen-bond acceptors (Lipinski definition) is 4. The SMILES string of the molecule is COc1ccc(-c2nc(C(C)(C)C)nn2C)cc1N. The number of rotatable bonds is 2. The minimum atomic E-state index is -0.0754. The van der Waals surface area contributed by atoms with Crippen LogP contribution in [0.15, 0.2) is 18.2 Å². The van der Waals surface area contributed by atoms with Crippen molar-refractivity contribution in [3.8, 4) is 17.1 Å². The highest BCUT2D eigenvalue weighted by Crippen LogP contribution is 2.28. The lowest BCUT2D eigenvalue weighted by Crippen LogP contribution is -2.13. The molecule has 1 heterocycles. The number of ether oxygens (including phenoxy) is 1. The first-order chi connectivity index (χ1) is 8.82. The molecule has 1 aromatic carbocycles. The van der Waals surface area contributed by atoms with Crippen LogP contribution < -0.4 is 10.5 Å². The van der Waals surface area contributed by atoms with E-state index in [1.54, 1.807) is 11.8 Å². The minimum absolute atomic E-state index is 0.0754. The average Bonchev–Trinajstić information content (AvgIpc) is 2.71. The monoisotopic (exact) mass is 260 g/mol. The van der Waals surface area contributed by atoms with Crippen molar-refractivity contribution >= 4 is 5.69 Å². The van der Waals surface area contributed by atoms with E-state index in [4.69, 9.17) is 10.5 Å². The normalized spacial score (nSPS) is 11.6. The molecule has 1 aromatic heterocycles. The Balaban J connectivity index is 2.48. The van der Waals surface area contributed by atoms with Gasteiger partial charge in [-0.2, -0.15) is 5.10 Å². The van der Waals surface area contributed by atoms with Crippen LogP contribution in [-0.4, -0.2) is 21.9 Å². The molecule has 19 heavy (non-hydrogen) atoms. The standard InChI is InChI=1S/C14H20N4O/c1-14(2,3)13-16-12(18(4)17-13)9-6-7-11(19-5)10(15)8-9/h6-8H,15H2,1-5H3. The van der Waals surface area contributed by atoms with E-state index in [1.165, 1.54) is 0 Å². The molecular weight excluding hydrogens is 240 g/mol. The summed E-state index contributed by atoms with van der Waals surface area (Å²) in [6, 6.07) is 5.64. The predicted molar refractivity (Wildman–Crippen MR) is 76.1 cm³/mol. The number of aryl methyl sites for hydroxylation is 1. The Morgan fingerprint density at radius 1 is 1.26 bits per heavy atom. The van der Waals surface area contributed by atoms with Gasteiger partial charge >= 0.3 is 0 Å². The Hall–Kier alpha value is -2.04. The first kappa shape index (κ1) is 13.4. The lowest BCUT2D eigenvalue weighted by atomic mass is 9.96. The Labute approximate surface area is 113 Å². The fraction of sp³-hybridized carbons (Fsp3) is 0.429. The minimum Gasteiger partial charge on any atom is -0.495 e. The Bertz CT molecular complexity index is 596. The molecule has 0 spiro atoms. The number of anilines is 1. The number of nitrogen functional groups attached to an aromatic ring is 1. The predicted octanol–water partition coefficient (Wildman–Crippen LogP) is 2.37. The van der Waals surface area contributed by atoms with Crippen molar-refractivity contribution in [1.82, 2.24) is 14.8 Å². The average molecular weight is 260 g/mol. The van der Waals surface area contributed by atoms with Crippen LogP contribution >= 0.6 is 0 Å². The van der Waals surface area contributed by atoms with Gasteiger partial charge in [0.25, 0.3) is 0 Å². The largest absolute Gasteiger partial charge is 0.495 e. The molecule has 0 radical (unpaired) electrons. The third-order valence-corrected chi connectivity index (χ3v) is 2.92. The van der Waals surface area contributed by atoms with E-state index >= 15 is 0 Å². The number of nitrogens with zero attached hydrogens (tertiary/aromatic N) is 3. The maximum absolute atomic E-state index is 5.93. The zero-order valence-corrected chi connectivity index (χ0v) is 12.1. The summed E-state index contributed by atoms with van der Waals surface area (Å²) in [7, 11) is 3.49. The molecule has 2 N–H and O–H groups in total. The highest BCUT2D eigenvalue weighted by molar-refractivity contribution is 5.66. The Morgan fingerprint density at radius 3 is 2.42 bits per heavy atom. The maximum Gasteiger partial charge on any atom is 0.158 e. The Morgan fingerprint density at radius 2 is 1.95 bits per heavy atom. The molecule has 0 amide bonds. The second-order valence-electron chi connectivity index (χ2n) is 5.59. The van der Waals surface area contributed by atoms with Gasteiger partial charge in [-0.15, -0.1) is 0 Å². The third kappa shape index (κ3) is 2.54. The van der Waals surface area contributed by atoms with Crippen molar-refractivity contribution < 1.29 is 4.74 Å². The van der Waals surface area contributed by atoms with Gasteiger partial charge in [-0.25, -0.2) is 9.67 Å². The molecular formula is C14H20N4O. The molecule has 102 valence electrons. The zero-order chi connectivity index (χ0) is 14.2. The van der Waals surface area contributed by atoms with E-state index in [9.17, 15) is 0 Å². The van der Waals surface area contributed by atoms with Crippen LogP contribution in [0.4, 0.5) is 5.69 Å². The van der Waals surface area contributed by atoms with E-state index in [1.807, 2.05) is 25.2 Å². The first-order valence-corrected chi connectivity index (χ1v) is 6.18. The van der Waals surface area contributed by atoms with Crippen molar-refractivity contribution in [2.45, 2.75) is 26.2 Å². The van der Waals surface area contributed by atoms with Gasteiger partial charge in [0, 0.05) is 18.0 Å². The summed E-state index contributed by atoms with van der Waals surface area (Å²) in [4.78, 5) is 4.60. The van der Waals surface area contributed by atoms with Crippen LogP contribution in [0.25, 0.3) is 11.4 Å². The third-order valence-electron chi connectivity index (χ3n) is 2.92. The van der Waals surface area contributed by atoms with Crippen molar-refractivity contribution in [1.29, 1.82) is 0 Å². The first-order valence-electron chi connectivity index (χ1n) is 6.18. The van der Waals surface area contributed by atoms with Gasteiger partial charge < -0.3 is 10.5 Å². The molecule has 2 rings (SSSR count). The smallest absolute Gasteiger partial charge is 0.158 e. The molecule has 0 atom stereocenters. The lowest BCUT2D eigenvalue weighted by molar-refractivity contribution is 0.417. The number of hydrogen-bond donors (Lipinski definition) is 1. The number of methoxy groups -OCH3 is 1. The highest BCUT2D eigenvalue weighted by atomic mass is 16.5. The van der Waals surface area contributed by atoms with Gasteiger partial charge in [0.2, 0.25) is 0 Å². The summed E-state index contributed by atoms with van der Waals surface area (Å²) in [5, 5.41) is 4.46. The second-order valence-corrected chi connectivity index (χ2v) is 5.59. The molecule has 0 unspecified atom stereocenters. The van der Waals surface area contributed by atoms with Gasteiger partial charge in [-0.05, 0) is 18.2 Å². The van der Waals surface area contributed by atoms with Crippen molar-refractivity contribution in [3.63, 3.8) is 0 Å². The topological polar surface area (TPSA) is 66.0 Å². The maximum atomic E-state index is 5.93. The van der Waals surface area contributed by atoms with Gasteiger partial charge in [0.15, 0.2) is 11.6 Å². The van der Waals surface area contributed by atoms with Crippen LogP contribution in [-0.2, 0) is 12.5 Å². The van der Waals surface area contributed by atoms with Crippen LogP contribution in [0.2, 0.25) is 0 Å². The number of nitrogens with two attached hydrogens (primary N) is 1. The molecule has 5 heteroatoms. The summed E-state index contributed by atoms with van der Waals surface area (Å²) >= 11 is 0. The zero-order valence-electron chi connectivity index (χ0n) is 12.1. The van der Waals surface area contributed by atoms with E-state index in [-0.39, 0.29) is 5.41 Å². The molecule has 2 aromatic rings. The molecule has 0 bridgehead atoms. The summed E-state index contributed by atoms with van der Waals surface area (Å²) in [6.07, 6.45) is 0. The Kier molecular flexibility index (Phi) is 3.22. The van der Waals surface area contributed by atoms with Gasteiger partial charge in [-0.1, -0.05) is 20.8 Å². The number of aromatic nitrogens is 3. The van der Waals surface area contributed by atoms with Gasteiger partial charge in [0.05, 0.1) is 12.8 Å². The van der Waals surface area contributed by atoms with Gasteiger partial charge in [0.1, 0.15) is 5.75 Å². The summed E-state index contributed by atoms with van der Waals surface area (Å²) in [6.45, 7) is 6.28. The second kappa shape index (κ2) is 4.57. The quantitative estimate of drug-likeness (QED) is 0.842. The molecule has 0 aliphatic rings. The van der Waals surface area contributed by atoms with Gasteiger partial charge in [-0.3, -0.25) is 0 Å². The van der Waals surface area contributed by atoms with Crippen LogP contribution in [0.5, 0.6) is 5.75 Å². The summed E-state index contributed by atoms with van der Waals surface area (Å²) < 4.78 is 6.94. The van der Waals surface area contributed by atoms with E-state index in [0.717, 1.165) is 17.2 Å². The molecule has 0 saturated heterocycles. The molecule has 0 saturated carbocycles. The summed E-state index contributed by atoms with van der Waals surface area (Å²) in [5.74, 6) is 2.29. The van der Waals surface area contributed by atoms with E-state index in [2.05, 4.69) is 30.9 Å². The number of benzene rings is 1. The van der Waals surface area contributed by atoms with Crippen LogP contribution in [0, 0.1) is 0 Å². The molecule has 0 aliphatic heterocycles. The van der Waals surface area contributed by atoms with Crippen LogP contribution in [0.1, 0.15) is 26.6 Å². The molecule has 5 nitrogen and oxygen atoms in total. The fourth-order valence-electron chi connectivity index (χ4n) is 1.83.